The fourth-order valence-electron chi connectivity index (χ4n) is 2.84. The predicted molar refractivity (Wildman–Crippen MR) is 83.6 cm³/mol. The summed E-state index contributed by atoms with van der Waals surface area (Å²) in [4.78, 5) is 1.38. The molecule has 1 aliphatic rings. The molecule has 1 aromatic rings. The van der Waals surface area contributed by atoms with E-state index >= 15 is 0 Å². The average molecular weight is 316 g/mol. The van der Waals surface area contributed by atoms with Gasteiger partial charge in [0, 0.05) is 17.0 Å². The number of sulfonamides is 1. The second kappa shape index (κ2) is 6.13. The van der Waals surface area contributed by atoms with Crippen molar-refractivity contribution in [2.45, 2.75) is 63.4 Å². The summed E-state index contributed by atoms with van der Waals surface area (Å²) in [5.74, 6) is 0. The zero-order valence-corrected chi connectivity index (χ0v) is 14.1. The van der Waals surface area contributed by atoms with Gasteiger partial charge in [-0.15, -0.1) is 11.3 Å². The van der Waals surface area contributed by atoms with E-state index in [4.69, 9.17) is 0 Å². The molecule has 0 atom stereocenters. The Morgan fingerprint density at radius 1 is 1.35 bits per heavy atom. The second-order valence-electron chi connectivity index (χ2n) is 5.82. The lowest BCUT2D eigenvalue weighted by molar-refractivity contribution is 0.427. The van der Waals surface area contributed by atoms with E-state index in [1.807, 2.05) is 26.2 Å². The molecule has 6 heteroatoms. The van der Waals surface area contributed by atoms with E-state index in [0.29, 0.717) is 11.4 Å². The Kier molecular flexibility index (Phi) is 4.89. The molecule has 0 radical (unpaired) electrons. The van der Waals surface area contributed by atoms with Crippen LogP contribution in [-0.2, 0) is 16.6 Å². The summed E-state index contributed by atoms with van der Waals surface area (Å²) in [6.07, 6.45) is 4.06. The summed E-state index contributed by atoms with van der Waals surface area (Å²) >= 11 is 1.52. The monoisotopic (exact) mass is 316 g/mol. The van der Waals surface area contributed by atoms with Gasteiger partial charge >= 0.3 is 0 Å². The van der Waals surface area contributed by atoms with Crippen molar-refractivity contribution in [3.05, 3.63) is 15.8 Å². The molecule has 114 valence electrons. The van der Waals surface area contributed by atoms with Crippen molar-refractivity contribution in [2.75, 3.05) is 6.54 Å². The highest BCUT2D eigenvalue weighted by Gasteiger charge is 2.35. The van der Waals surface area contributed by atoms with Crippen LogP contribution in [-0.4, -0.2) is 20.5 Å². The maximum atomic E-state index is 12.7. The van der Waals surface area contributed by atoms with E-state index in [1.54, 1.807) is 0 Å². The number of aryl methyl sites for hydroxylation is 1. The molecular weight excluding hydrogens is 292 g/mol. The Labute approximate surface area is 126 Å². The Hall–Kier alpha value is -0.430. The van der Waals surface area contributed by atoms with Crippen molar-refractivity contribution in [3.8, 4) is 0 Å². The topological polar surface area (TPSA) is 58.2 Å². The molecule has 0 aromatic carbocycles. The highest BCUT2D eigenvalue weighted by atomic mass is 32.2. The standard InChI is InChI=1S/C14H24N2O2S2/c1-4-15-9-12-13(11(2)10-19-12)20(17,18)16-14(3)7-5-6-8-14/h10,15-16H,4-9H2,1-3H3. The molecule has 0 bridgehead atoms. The number of hydrogen-bond donors (Lipinski definition) is 2. The van der Waals surface area contributed by atoms with Gasteiger partial charge in [0.05, 0.1) is 0 Å². The third-order valence-electron chi connectivity index (χ3n) is 3.88. The van der Waals surface area contributed by atoms with Crippen LogP contribution in [0.2, 0.25) is 0 Å². The highest BCUT2D eigenvalue weighted by molar-refractivity contribution is 7.89. The third kappa shape index (κ3) is 3.42. The molecule has 20 heavy (non-hydrogen) atoms. The molecule has 1 aromatic heterocycles. The second-order valence-corrected chi connectivity index (χ2v) is 8.41. The van der Waals surface area contributed by atoms with Crippen molar-refractivity contribution in [1.82, 2.24) is 10.0 Å². The first-order chi connectivity index (χ1) is 9.38. The molecule has 0 aliphatic heterocycles. The lowest BCUT2D eigenvalue weighted by Crippen LogP contribution is -2.43. The third-order valence-corrected chi connectivity index (χ3v) is 6.98. The van der Waals surface area contributed by atoms with Crippen molar-refractivity contribution < 1.29 is 8.42 Å². The maximum absolute atomic E-state index is 12.7. The van der Waals surface area contributed by atoms with Crippen molar-refractivity contribution in [2.24, 2.45) is 0 Å². The maximum Gasteiger partial charge on any atom is 0.242 e. The van der Waals surface area contributed by atoms with Crippen LogP contribution in [0.15, 0.2) is 10.3 Å². The van der Waals surface area contributed by atoms with E-state index in [2.05, 4.69) is 10.0 Å². The minimum atomic E-state index is -3.43. The molecule has 0 saturated heterocycles. The molecule has 0 amide bonds. The van der Waals surface area contributed by atoms with Gasteiger partial charge in [0.15, 0.2) is 0 Å². The fraction of sp³-hybridized carbons (Fsp3) is 0.714. The Bertz CT molecular complexity index is 558. The zero-order chi connectivity index (χ0) is 14.8. The number of thiophene rings is 1. The minimum absolute atomic E-state index is 0.275. The summed E-state index contributed by atoms with van der Waals surface area (Å²) < 4.78 is 28.4. The van der Waals surface area contributed by atoms with E-state index in [1.165, 1.54) is 11.3 Å². The summed E-state index contributed by atoms with van der Waals surface area (Å²) in [7, 11) is -3.43. The Balaban J connectivity index is 2.26. The van der Waals surface area contributed by atoms with Crippen LogP contribution >= 0.6 is 11.3 Å². The molecule has 1 saturated carbocycles. The summed E-state index contributed by atoms with van der Waals surface area (Å²) in [6.45, 7) is 7.36. The van der Waals surface area contributed by atoms with Crippen LogP contribution in [0, 0.1) is 6.92 Å². The van der Waals surface area contributed by atoms with E-state index in [9.17, 15) is 8.42 Å². The van der Waals surface area contributed by atoms with E-state index in [-0.39, 0.29) is 5.54 Å². The van der Waals surface area contributed by atoms with Gasteiger partial charge in [-0.25, -0.2) is 13.1 Å². The molecule has 4 nitrogen and oxygen atoms in total. The summed E-state index contributed by atoms with van der Waals surface area (Å²) in [6, 6.07) is 0. The van der Waals surface area contributed by atoms with Gasteiger partial charge in [0.1, 0.15) is 4.90 Å². The molecule has 1 fully saturated rings. The van der Waals surface area contributed by atoms with Crippen LogP contribution in [0.1, 0.15) is 50.0 Å². The number of hydrogen-bond acceptors (Lipinski definition) is 4. The zero-order valence-electron chi connectivity index (χ0n) is 12.5. The smallest absolute Gasteiger partial charge is 0.242 e. The van der Waals surface area contributed by atoms with Crippen molar-refractivity contribution in [1.29, 1.82) is 0 Å². The van der Waals surface area contributed by atoms with Gasteiger partial charge in [-0.2, -0.15) is 0 Å². The lowest BCUT2D eigenvalue weighted by Gasteiger charge is -2.25. The summed E-state index contributed by atoms with van der Waals surface area (Å²) in [5.41, 5.74) is 0.569. The van der Waals surface area contributed by atoms with Crippen LogP contribution in [0.5, 0.6) is 0 Å². The van der Waals surface area contributed by atoms with Gasteiger partial charge in [-0.1, -0.05) is 19.8 Å². The van der Waals surface area contributed by atoms with E-state index in [0.717, 1.165) is 42.7 Å². The predicted octanol–water partition coefficient (Wildman–Crippen LogP) is 2.78. The highest BCUT2D eigenvalue weighted by Crippen LogP contribution is 2.33. The molecule has 2 rings (SSSR count). The molecule has 1 heterocycles. The van der Waals surface area contributed by atoms with Crippen LogP contribution in [0.25, 0.3) is 0 Å². The Morgan fingerprint density at radius 3 is 2.60 bits per heavy atom. The largest absolute Gasteiger partial charge is 0.312 e. The number of nitrogens with one attached hydrogen (secondary N) is 2. The first kappa shape index (κ1) is 15.9. The van der Waals surface area contributed by atoms with Gasteiger partial charge < -0.3 is 5.32 Å². The normalized spacial score (nSPS) is 18.6. The van der Waals surface area contributed by atoms with E-state index < -0.39 is 10.0 Å². The summed E-state index contributed by atoms with van der Waals surface area (Å²) in [5, 5.41) is 5.14. The first-order valence-electron chi connectivity index (χ1n) is 7.19. The molecule has 1 aliphatic carbocycles. The van der Waals surface area contributed by atoms with Crippen LogP contribution < -0.4 is 10.0 Å². The number of rotatable bonds is 6. The quantitative estimate of drug-likeness (QED) is 0.848. The fourth-order valence-corrected chi connectivity index (χ4v) is 6.09. The molecular formula is C14H24N2O2S2. The van der Waals surface area contributed by atoms with Gasteiger partial charge in [0.2, 0.25) is 10.0 Å². The van der Waals surface area contributed by atoms with Crippen LogP contribution in [0.4, 0.5) is 0 Å². The van der Waals surface area contributed by atoms with Crippen LogP contribution in [0.3, 0.4) is 0 Å². The lowest BCUT2D eigenvalue weighted by atomic mass is 10.0. The average Bonchev–Trinajstić information content (AvgIpc) is 2.92. The van der Waals surface area contributed by atoms with Gasteiger partial charge in [-0.3, -0.25) is 0 Å². The van der Waals surface area contributed by atoms with Gasteiger partial charge in [0.25, 0.3) is 0 Å². The molecule has 0 spiro atoms. The first-order valence-corrected chi connectivity index (χ1v) is 9.56. The minimum Gasteiger partial charge on any atom is -0.312 e. The van der Waals surface area contributed by atoms with Crippen molar-refractivity contribution in [3.63, 3.8) is 0 Å². The molecule has 2 N–H and O–H groups in total. The molecule has 0 unspecified atom stereocenters. The van der Waals surface area contributed by atoms with Crippen molar-refractivity contribution >= 4 is 21.4 Å². The SMILES string of the molecule is CCNCc1scc(C)c1S(=O)(=O)NC1(C)CCCC1. The Morgan fingerprint density at radius 2 is 2.00 bits per heavy atom. The van der Waals surface area contributed by atoms with Gasteiger partial charge in [-0.05, 0) is 44.2 Å².